The lowest BCUT2D eigenvalue weighted by Crippen LogP contribution is -2.37. The summed E-state index contributed by atoms with van der Waals surface area (Å²) >= 11 is 0. The molecule has 0 unspecified atom stereocenters. The molecular formula is C13H18N2O5. The molecule has 0 aromatic carbocycles. The van der Waals surface area contributed by atoms with Crippen molar-refractivity contribution < 1.29 is 24.0 Å². The van der Waals surface area contributed by atoms with E-state index in [1.165, 1.54) is 0 Å². The van der Waals surface area contributed by atoms with E-state index in [9.17, 15) is 9.59 Å². The fourth-order valence-electron chi connectivity index (χ4n) is 1.97. The van der Waals surface area contributed by atoms with Gasteiger partial charge in [-0.15, -0.1) is 0 Å². The Morgan fingerprint density at radius 3 is 2.65 bits per heavy atom. The fourth-order valence-corrected chi connectivity index (χ4v) is 1.97. The summed E-state index contributed by atoms with van der Waals surface area (Å²) in [6, 6.07) is 0. The summed E-state index contributed by atoms with van der Waals surface area (Å²) in [5, 5.41) is 15.5. The molecule has 0 aliphatic heterocycles. The number of aromatic nitrogens is 1. The van der Waals surface area contributed by atoms with E-state index in [2.05, 4.69) is 10.5 Å². The van der Waals surface area contributed by atoms with Crippen molar-refractivity contribution in [1.82, 2.24) is 10.5 Å². The predicted molar refractivity (Wildman–Crippen MR) is 68.6 cm³/mol. The molecule has 1 aromatic heterocycles. The van der Waals surface area contributed by atoms with Crippen LogP contribution in [-0.2, 0) is 10.2 Å². The molecule has 1 aromatic rings. The van der Waals surface area contributed by atoms with Crippen LogP contribution in [0.15, 0.2) is 10.8 Å². The number of carboxylic acids is 1. The first kappa shape index (κ1) is 14.4. The van der Waals surface area contributed by atoms with E-state index < -0.39 is 23.1 Å². The van der Waals surface area contributed by atoms with E-state index in [0.29, 0.717) is 5.69 Å². The van der Waals surface area contributed by atoms with Gasteiger partial charge in [-0.2, -0.15) is 0 Å². The van der Waals surface area contributed by atoms with Crippen LogP contribution in [0.3, 0.4) is 0 Å². The molecule has 7 nitrogen and oxygen atoms in total. The van der Waals surface area contributed by atoms with Crippen molar-refractivity contribution in [2.45, 2.75) is 44.6 Å². The molecule has 2 N–H and O–H groups in total. The number of nitrogens with zero attached hydrogens (tertiary/aromatic N) is 1. The fraction of sp³-hybridized carbons (Fsp3) is 0.615. The molecule has 1 saturated carbocycles. The lowest BCUT2D eigenvalue weighted by atomic mass is 9.99. The zero-order chi connectivity index (χ0) is 15.0. The predicted octanol–water partition coefficient (Wildman–Crippen LogP) is 1.93. The largest absolute Gasteiger partial charge is 0.478 e. The molecule has 0 saturated heterocycles. The molecule has 1 aliphatic rings. The Kier molecular flexibility index (Phi) is 3.45. The van der Waals surface area contributed by atoms with E-state index >= 15 is 0 Å². The number of amides is 1. The molecule has 0 bridgehead atoms. The maximum atomic E-state index is 11.6. The molecule has 0 atom stereocenters. The van der Waals surface area contributed by atoms with Gasteiger partial charge in [-0.3, -0.25) is 0 Å². The highest BCUT2D eigenvalue weighted by atomic mass is 16.6. The summed E-state index contributed by atoms with van der Waals surface area (Å²) < 4.78 is 9.89. The van der Waals surface area contributed by atoms with Gasteiger partial charge in [0.15, 0.2) is 0 Å². The van der Waals surface area contributed by atoms with Gasteiger partial charge in [0.05, 0.1) is 0 Å². The van der Waals surface area contributed by atoms with Gasteiger partial charge < -0.3 is 19.7 Å². The summed E-state index contributed by atoms with van der Waals surface area (Å²) in [5.74, 6) is -1.08. The summed E-state index contributed by atoms with van der Waals surface area (Å²) in [6.45, 7) is 5.62. The Morgan fingerprint density at radius 1 is 1.50 bits per heavy atom. The van der Waals surface area contributed by atoms with Crippen LogP contribution in [0, 0.1) is 0 Å². The van der Waals surface area contributed by atoms with Crippen molar-refractivity contribution in [1.29, 1.82) is 0 Å². The van der Waals surface area contributed by atoms with Crippen LogP contribution in [0.1, 0.15) is 49.7 Å². The Labute approximate surface area is 116 Å². The van der Waals surface area contributed by atoms with Crippen LogP contribution in [0.2, 0.25) is 0 Å². The minimum atomic E-state index is -1.08. The van der Waals surface area contributed by atoms with E-state index in [4.69, 9.17) is 14.4 Å². The smallest absolute Gasteiger partial charge is 0.407 e. The molecule has 0 spiro atoms. The topological polar surface area (TPSA) is 102 Å². The Morgan fingerprint density at radius 2 is 2.15 bits per heavy atom. The van der Waals surface area contributed by atoms with E-state index in [-0.39, 0.29) is 12.1 Å². The van der Waals surface area contributed by atoms with E-state index in [0.717, 1.165) is 19.1 Å². The SMILES string of the molecule is CC(C)(C)OC(=O)NCC1(c2nocc2C(=O)O)CC1. The molecule has 1 amide bonds. The van der Waals surface area contributed by atoms with Crippen LogP contribution in [-0.4, -0.2) is 34.5 Å². The Bertz CT molecular complexity index is 525. The van der Waals surface area contributed by atoms with Crippen molar-refractivity contribution in [3.63, 3.8) is 0 Å². The van der Waals surface area contributed by atoms with Crippen molar-refractivity contribution in [2.75, 3.05) is 6.54 Å². The number of alkyl carbamates (subject to hydrolysis) is 1. The first-order valence-corrected chi connectivity index (χ1v) is 6.38. The minimum Gasteiger partial charge on any atom is -0.478 e. The molecule has 1 fully saturated rings. The van der Waals surface area contributed by atoms with Crippen LogP contribution in [0.25, 0.3) is 0 Å². The lowest BCUT2D eigenvalue weighted by Gasteiger charge is -2.21. The molecule has 7 heteroatoms. The highest BCUT2D eigenvalue weighted by Crippen LogP contribution is 2.48. The summed E-state index contributed by atoms with van der Waals surface area (Å²) in [4.78, 5) is 22.7. The van der Waals surface area contributed by atoms with E-state index in [1.54, 1.807) is 20.8 Å². The summed E-state index contributed by atoms with van der Waals surface area (Å²) in [6.07, 6.45) is 2.11. The van der Waals surface area contributed by atoms with Gasteiger partial charge in [0.2, 0.25) is 0 Å². The zero-order valence-electron chi connectivity index (χ0n) is 11.7. The van der Waals surface area contributed by atoms with Crippen molar-refractivity contribution in [3.8, 4) is 0 Å². The summed E-state index contributed by atoms with van der Waals surface area (Å²) in [7, 11) is 0. The molecule has 110 valence electrons. The van der Waals surface area contributed by atoms with Gasteiger partial charge in [0.25, 0.3) is 0 Å². The number of carboxylic acid groups (broad SMARTS) is 1. The number of carbonyl (C=O) groups is 2. The van der Waals surface area contributed by atoms with Crippen LogP contribution < -0.4 is 5.32 Å². The molecule has 20 heavy (non-hydrogen) atoms. The third-order valence-corrected chi connectivity index (χ3v) is 3.13. The number of hydrogen-bond acceptors (Lipinski definition) is 5. The number of aromatic carboxylic acids is 1. The maximum Gasteiger partial charge on any atom is 0.407 e. The minimum absolute atomic E-state index is 0.0495. The molecule has 0 radical (unpaired) electrons. The number of hydrogen-bond donors (Lipinski definition) is 2. The Hall–Kier alpha value is -2.05. The number of carbonyl (C=O) groups excluding carboxylic acids is 1. The second-order valence-electron chi connectivity index (χ2n) is 6.02. The first-order chi connectivity index (χ1) is 9.23. The molecule has 1 heterocycles. The molecule has 1 aliphatic carbocycles. The second kappa shape index (κ2) is 4.81. The number of ether oxygens (including phenoxy) is 1. The number of nitrogens with one attached hydrogen (secondary N) is 1. The maximum absolute atomic E-state index is 11.6. The molecular weight excluding hydrogens is 264 g/mol. The van der Waals surface area contributed by atoms with E-state index in [1.807, 2.05) is 0 Å². The van der Waals surface area contributed by atoms with Gasteiger partial charge >= 0.3 is 12.1 Å². The van der Waals surface area contributed by atoms with Crippen LogP contribution in [0.4, 0.5) is 4.79 Å². The average Bonchev–Trinajstić information content (AvgIpc) is 2.91. The summed E-state index contributed by atoms with van der Waals surface area (Å²) in [5.41, 5.74) is -0.576. The van der Waals surface area contributed by atoms with Crippen molar-refractivity contribution >= 4 is 12.1 Å². The first-order valence-electron chi connectivity index (χ1n) is 6.38. The standard InChI is InChI=1S/C13H18N2O5/c1-12(2,3)20-11(18)14-7-13(4-5-13)9-8(10(16)17)6-19-15-9/h6H,4-5,7H2,1-3H3,(H,14,18)(H,16,17). The lowest BCUT2D eigenvalue weighted by molar-refractivity contribution is 0.0522. The van der Waals surface area contributed by atoms with Crippen LogP contribution >= 0.6 is 0 Å². The number of rotatable bonds is 4. The highest BCUT2D eigenvalue weighted by Gasteiger charge is 2.49. The third-order valence-electron chi connectivity index (χ3n) is 3.13. The molecule has 2 rings (SSSR count). The Balaban J connectivity index is 2.01. The van der Waals surface area contributed by atoms with Crippen molar-refractivity contribution in [2.24, 2.45) is 0 Å². The highest BCUT2D eigenvalue weighted by molar-refractivity contribution is 5.89. The van der Waals surface area contributed by atoms with Gasteiger partial charge in [-0.1, -0.05) is 5.16 Å². The monoisotopic (exact) mass is 282 g/mol. The normalized spacial score (nSPS) is 16.6. The van der Waals surface area contributed by atoms with Gasteiger partial charge in [0, 0.05) is 12.0 Å². The third kappa shape index (κ3) is 3.09. The van der Waals surface area contributed by atoms with Crippen molar-refractivity contribution in [3.05, 3.63) is 17.5 Å². The second-order valence-corrected chi connectivity index (χ2v) is 6.02. The van der Waals surface area contributed by atoms with Gasteiger partial charge in [-0.05, 0) is 33.6 Å². The zero-order valence-corrected chi connectivity index (χ0v) is 11.7. The van der Waals surface area contributed by atoms with Gasteiger partial charge in [-0.25, -0.2) is 9.59 Å². The van der Waals surface area contributed by atoms with Gasteiger partial charge in [0.1, 0.15) is 23.1 Å². The van der Waals surface area contributed by atoms with Crippen LogP contribution in [0.5, 0.6) is 0 Å². The average molecular weight is 282 g/mol. The quantitative estimate of drug-likeness (QED) is 0.874.